The monoisotopic (exact) mass is 315 g/mol. The van der Waals surface area contributed by atoms with Gasteiger partial charge < -0.3 is 4.90 Å². The molecular weight excluding hydrogens is 302 g/mol. The van der Waals surface area contributed by atoms with E-state index in [2.05, 4.69) is 22.5 Å². The lowest BCUT2D eigenvalue weighted by Crippen LogP contribution is -2.31. The molecule has 2 aromatic carbocycles. The Balaban J connectivity index is 2.38. The second-order valence-corrected chi connectivity index (χ2v) is 4.87. The summed E-state index contributed by atoms with van der Waals surface area (Å²) in [7, 11) is 0. The summed E-state index contributed by atoms with van der Waals surface area (Å²) >= 11 is 3.42. The maximum atomic E-state index is 12.6. The van der Waals surface area contributed by atoms with Crippen molar-refractivity contribution in [3.8, 4) is 0 Å². The molecule has 2 rings (SSSR count). The van der Waals surface area contributed by atoms with E-state index in [0.29, 0.717) is 12.1 Å². The molecule has 1 amide bonds. The number of amides is 1. The third kappa shape index (κ3) is 3.12. The Morgan fingerprint density at radius 2 is 1.74 bits per heavy atom. The molecule has 0 heterocycles. The number of benzene rings is 2. The van der Waals surface area contributed by atoms with Crippen LogP contribution in [0.4, 0.5) is 5.69 Å². The fourth-order valence-corrected chi connectivity index (χ4v) is 2.28. The van der Waals surface area contributed by atoms with E-state index in [-0.39, 0.29) is 5.91 Å². The number of nitrogens with zero attached hydrogens (tertiary/aromatic N) is 1. The quantitative estimate of drug-likeness (QED) is 0.771. The molecule has 3 heteroatoms. The fraction of sp³-hybridized carbons (Fsp3) is 0.0625. The molecule has 0 bridgehead atoms. The summed E-state index contributed by atoms with van der Waals surface area (Å²) in [6.45, 7) is 4.20. The summed E-state index contributed by atoms with van der Waals surface area (Å²) in [6.07, 6.45) is 1.72. The van der Waals surface area contributed by atoms with E-state index in [9.17, 15) is 4.79 Å². The molecule has 0 saturated heterocycles. The zero-order valence-corrected chi connectivity index (χ0v) is 12.0. The van der Waals surface area contributed by atoms with E-state index in [1.54, 1.807) is 11.0 Å². The number of carbonyl (C=O) groups is 1. The fourth-order valence-electron chi connectivity index (χ4n) is 1.82. The smallest absolute Gasteiger partial charge is 0.259 e. The molecule has 0 aliphatic rings. The molecular formula is C16H14BrNO. The molecule has 0 fully saturated rings. The molecule has 0 aliphatic carbocycles. The van der Waals surface area contributed by atoms with Crippen LogP contribution in [0.25, 0.3) is 0 Å². The number of halogens is 1. The first-order chi connectivity index (χ1) is 9.24. The molecule has 19 heavy (non-hydrogen) atoms. The number of para-hydroxylation sites is 1. The first-order valence-electron chi connectivity index (χ1n) is 5.96. The second-order valence-electron chi connectivity index (χ2n) is 4.02. The van der Waals surface area contributed by atoms with Crippen LogP contribution >= 0.6 is 15.9 Å². The van der Waals surface area contributed by atoms with Crippen molar-refractivity contribution in [3.63, 3.8) is 0 Å². The number of hydrogen-bond donors (Lipinski definition) is 0. The number of rotatable bonds is 4. The zero-order chi connectivity index (χ0) is 13.7. The van der Waals surface area contributed by atoms with Crippen LogP contribution in [0.15, 0.2) is 71.7 Å². The van der Waals surface area contributed by atoms with Gasteiger partial charge in [-0.15, -0.1) is 6.58 Å². The van der Waals surface area contributed by atoms with Gasteiger partial charge in [-0.1, -0.05) is 36.4 Å². The average Bonchev–Trinajstić information content (AvgIpc) is 2.45. The predicted octanol–water partition coefficient (Wildman–Crippen LogP) is 4.28. The van der Waals surface area contributed by atoms with Gasteiger partial charge in [-0.25, -0.2) is 0 Å². The summed E-state index contributed by atoms with van der Waals surface area (Å²) < 4.78 is 0.796. The number of hydrogen-bond acceptors (Lipinski definition) is 1. The Morgan fingerprint density at radius 1 is 1.11 bits per heavy atom. The predicted molar refractivity (Wildman–Crippen MR) is 82.5 cm³/mol. The number of anilines is 1. The van der Waals surface area contributed by atoms with Gasteiger partial charge in [0, 0.05) is 16.7 Å². The van der Waals surface area contributed by atoms with E-state index in [4.69, 9.17) is 0 Å². The summed E-state index contributed by atoms with van der Waals surface area (Å²) in [6, 6.07) is 17.0. The maximum absolute atomic E-state index is 12.6. The van der Waals surface area contributed by atoms with Gasteiger partial charge in [0.25, 0.3) is 5.91 Å². The van der Waals surface area contributed by atoms with Gasteiger partial charge in [-0.2, -0.15) is 0 Å². The molecule has 0 atom stereocenters. The molecule has 2 nitrogen and oxygen atoms in total. The van der Waals surface area contributed by atoms with Crippen molar-refractivity contribution in [2.24, 2.45) is 0 Å². The van der Waals surface area contributed by atoms with E-state index in [0.717, 1.165) is 10.2 Å². The molecule has 0 aromatic heterocycles. The van der Waals surface area contributed by atoms with Gasteiger partial charge in [-0.05, 0) is 40.2 Å². The summed E-state index contributed by atoms with van der Waals surface area (Å²) in [5, 5.41) is 0. The molecule has 0 radical (unpaired) electrons. The van der Waals surface area contributed by atoms with Crippen molar-refractivity contribution in [1.29, 1.82) is 0 Å². The van der Waals surface area contributed by atoms with Crippen LogP contribution in [0.1, 0.15) is 10.4 Å². The highest BCUT2D eigenvalue weighted by atomic mass is 79.9. The van der Waals surface area contributed by atoms with Crippen LogP contribution in [0, 0.1) is 0 Å². The second kappa shape index (κ2) is 6.34. The van der Waals surface area contributed by atoms with Crippen LogP contribution in [0.3, 0.4) is 0 Å². The van der Waals surface area contributed by atoms with Gasteiger partial charge in [0.05, 0.1) is 5.56 Å². The van der Waals surface area contributed by atoms with Crippen LogP contribution in [-0.2, 0) is 0 Å². The minimum absolute atomic E-state index is 0.0430. The average molecular weight is 316 g/mol. The van der Waals surface area contributed by atoms with E-state index in [1.807, 2.05) is 54.6 Å². The molecule has 0 aliphatic heterocycles. The topological polar surface area (TPSA) is 20.3 Å². The lowest BCUT2D eigenvalue weighted by Gasteiger charge is -2.21. The third-order valence-corrected chi connectivity index (χ3v) is 3.42. The summed E-state index contributed by atoms with van der Waals surface area (Å²) in [5.41, 5.74) is 1.51. The Kier molecular flexibility index (Phi) is 4.53. The molecule has 0 saturated carbocycles. The van der Waals surface area contributed by atoms with Gasteiger partial charge in [-0.3, -0.25) is 4.79 Å². The van der Waals surface area contributed by atoms with E-state index in [1.165, 1.54) is 0 Å². The normalized spacial score (nSPS) is 9.95. The SMILES string of the molecule is C=CCN(C(=O)c1ccccc1Br)c1ccccc1. The van der Waals surface area contributed by atoms with Crippen molar-refractivity contribution >= 4 is 27.5 Å². The minimum Gasteiger partial charge on any atom is -0.305 e. The van der Waals surface area contributed by atoms with Crippen molar-refractivity contribution in [1.82, 2.24) is 0 Å². The van der Waals surface area contributed by atoms with Gasteiger partial charge in [0.2, 0.25) is 0 Å². The molecule has 2 aromatic rings. The van der Waals surface area contributed by atoms with E-state index >= 15 is 0 Å². The molecule has 0 spiro atoms. The van der Waals surface area contributed by atoms with Crippen molar-refractivity contribution < 1.29 is 4.79 Å². The van der Waals surface area contributed by atoms with Gasteiger partial charge in [0.15, 0.2) is 0 Å². The Labute approximate surface area is 121 Å². The van der Waals surface area contributed by atoms with Gasteiger partial charge in [0.1, 0.15) is 0 Å². The highest BCUT2D eigenvalue weighted by Gasteiger charge is 2.18. The Bertz CT molecular complexity index is 580. The Hall–Kier alpha value is -1.87. The zero-order valence-electron chi connectivity index (χ0n) is 10.4. The summed E-state index contributed by atoms with van der Waals surface area (Å²) in [5.74, 6) is -0.0430. The maximum Gasteiger partial charge on any atom is 0.259 e. The van der Waals surface area contributed by atoms with Crippen LogP contribution in [0.5, 0.6) is 0 Å². The minimum atomic E-state index is -0.0430. The van der Waals surface area contributed by atoms with Gasteiger partial charge >= 0.3 is 0 Å². The highest BCUT2D eigenvalue weighted by Crippen LogP contribution is 2.21. The van der Waals surface area contributed by atoms with Crippen molar-refractivity contribution in [2.75, 3.05) is 11.4 Å². The van der Waals surface area contributed by atoms with Crippen LogP contribution in [0.2, 0.25) is 0 Å². The first-order valence-corrected chi connectivity index (χ1v) is 6.75. The molecule has 0 unspecified atom stereocenters. The highest BCUT2D eigenvalue weighted by molar-refractivity contribution is 9.10. The van der Waals surface area contributed by atoms with Crippen LogP contribution < -0.4 is 4.90 Å². The molecule has 0 N–H and O–H groups in total. The third-order valence-electron chi connectivity index (χ3n) is 2.73. The first kappa shape index (κ1) is 13.6. The molecule has 96 valence electrons. The Morgan fingerprint density at radius 3 is 2.37 bits per heavy atom. The van der Waals surface area contributed by atoms with E-state index < -0.39 is 0 Å². The lowest BCUT2D eigenvalue weighted by molar-refractivity contribution is 0.0989. The largest absolute Gasteiger partial charge is 0.305 e. The van der Waals surface area contributed by atoms with Crippen molar-refractivity contribution in [2.45, 2.75) is 0 Å². The standard InChI is InChI=1S/C16H14BrNO/c1-2-12-18(13-8-4-3-5-9-13)16(19)14-10-6-7-11-15(14)17/h2-11H,1,12H2. The summed E-state index contributed by atoms with van der Waals surface area (Å²) in [4.78, 5) is 14.3. The van der Waals surface area contributed by atoms with Crippen LogP contribution in [-0.4, -0.2) is 12.5 Å². The van der Waals surface area contributed by atoms with Crippen molar-refractivity contribution in [3.05, 3.63) is 77.3 Å². The number of carbonyl (C=O) groups excluding carboxylic acids is 1. The lowest BCUT2D eigenvalue weighted by atomic mass is 10.2.